The molecule has 1 aromatic carbocycles. The summed E-state index contributed by atoms with van der Waals surface area (Å²) < 4.78 is 12.0. The highest BCUT2D eigenvalue weighted by Crippen LogP contribution is 2.38. The normalized spacial score (nSPS) is 24.6. The molecule has 2 atom stereocenters. The number of halogens is 1. The first kappa shape index (κ1) is 12.9. The van der Waals surface area contributed by atoms with Gasteiger partial charge in [-0.05, 0) is 36.6 Å². The number of methoxy groups -OCH3 is 1. The van der Waals surface area contributed by atoms with Crippen molar-refractivity contribution >= 4 is 15.9 Å². The average molecular weight is 301 g/mol. The maximum absolute atomic E-state index is 9.41. The number of hydrogen-bond acceptors (Lipinski definition) is 3. The number of aliphatic hydroxyl groups excluding tert-OH is 1. The Bertz CT molecular complexity index is 381. The van der Waals surface area contributed by atoms with Crippen molar-refractivity contribution in [2.75, 3.05) is 20.3 Å². The van der Waals surface area contributed by atoms with Crippen LogP contribution in [-0.4, -0.2) is 25.4 Å². The monoisotopic (exact) mass is 300 g/mol. The molecule has 1 aliphatic heterocycles. The predicted octanol–water partition coefficient (Wildman–Crippen LogP) is 2.92. The molecule has 0 radical (unpaired) electrons. The van der Waals surface area contributed by atoms with Crippen LogP contribution in [0, 0.1) is 5.92 Å². The summed E-state index contributed by atoms with van der Waals surface area (Å²) in [4.78, 5) is 0. The van der Waals surface area contributed by atoms with Crippen molar-refractivity contribution in [3.8, 4) is 5.75 Å². The Hall–Kier alpha value is -0.580. The molecule has 2 unspecified atom stereocenters. The first-order chi connectivity index (χ1) is 8.26. The summed E-state index contributed by atoms with van der Waals surface area (Å²) in [5, 5.41) is 9.41. The standard InChI is InChI=1S/C13H17BrO3/c1-16-10-4-5-12(14)11(7-10)13-9(8-15)3-2-6-17-13/h4-5,7,9,13,15H,2-3,6,8H2,1H3. The Balaban J connectivity index is 2.30. The van der Waals surface area contributed by atoms with Crippen LogP contribution >= 0.6 is 15.9 Å². The first-order valence-corrected chi connectivity index (χ1v) is 6.61. The molecule has 0 aliphatic carbocycles. The molecule has 1 aromatic rings. The van der Waals surface area contributed by atoms with Crippen LogP contribution in [0.2, 0.25) is 0 Å². The van der Waals surface area contributed by atoms with Gasteiger partial charge in [0.25, 0.3) is 0 Å². The van der Waals surface area contributed by atoms with E-state index in [0.717, 1.165) is 35.2 Å². The zero-order valence-electron chi connectivity index (χ0n) is 9.86. The summed E-state index contributed by atoms with van der Waals surface area (Å²) in [5.74, 6) is 0.987. The van der Waals surface area contributed by atoms with Gasteiger partial charge in [-0.1, -0.05) is 15.9 Å². The fraction of sp³-hybridized carbons (Fsp3) is 0.538. The summed E-state index contributed by atoms with van der Waals surface area (Å²) in [7, 11) is 1.65. The average Bonchev–Trinajstić information content (AvgIpc) is 2.39. The minimum Gasteiger partial charge on any atom is -0.497 e. The third kappa shape index (κ3) is 2.81. The zero-order chi connectivity index (χ0) is 12.3. The smallest absolute Gasteiger partial charge is 0.119 e. The molecule has 17 heavy (non-hydrogen) atoms. The van der Waals surface area contributed by atoms with Gasteiger partial charge in [-0.25, -0.2) is 0 Å². The molecular weight excluding hydrogens is 284 g/mol. The molecule has 94 valence electrons. The van der Waals surface area contributed by atoms with Crippen molar-refractivity contribution in [2.45, 2.75) is 18.9 Å². The molecule has 0 aromatic heterocycles. The Morgan fingerprint density at radius 1 is 1.53 bits per heavy atom. The lowest BCUT2D eigenvalue weighted by atomic mass is 9.90. The van der Waals surface area contributed by atoms with Gasteiger partial charge < -0.3 is 14.6 Å². The zero-order valence-corrected chi connectivity index (χ0v) is 11.4. The van der Waals surface area contributed by atoms with Gasteiger partial charge in [0.15, 0.2) is 0 Å². The second-order valence-corrected chi connectivity index (χ2v) is 5.12. The summed E-state index contributed by atoms with van der Waals surface area (Å²) in [5.41, 5.74) is 1.06. The topological polar surface area (TPSA) is 38.7 Å². The summed E-state index contributed by atoms with van der Waals surface area (Å²) in [6, 6.07) is 5.84. The van der Waals surface area contributed by atoms with Crippen molar-refractivity contribution in [1.29, 1.82) is 0 Å². The fourth-order valence-corrected chi connectivity index (χ4v) is 2.71. The fourth-order valence-electron chi connectivity index (χ4n) is 2.24. The summed E-state index contributed by atoms with van der Waals surface area (Å²) >= 11 is 3.53. The summed E-state index contributed by atoms with van der Waals surface area (Å²) in [6.45, 7) is 0.916. The van der Waals surface area contributed by atoms with E-state index >= 15 is 0 Å². The predicted molar refractivity (Wildman–Crippen MR) is 69.2 cm³/mol. The largest absolute Gasteiger partial charge is 0.497 e. The van der Waals surface area contributed by atoms with Gasteiger partial charge in [0, 0.05) is 23.6 Å². The minimum absolute atomic E-state index is 0.0433. The van der Waals surface area contributed by atoms with Crippen LogP contribution in [-0.2, 0) is 4.74 Å². The van der Waals surface area contributed by atoms with E-state index in [1.54, 1.807) is 7.11 Å². The number of aliphatic hydroxyl groups is 1. The van der Waals surface area contributed by atoms with Crippen LogP contribution in [0.4, 0.5) is 0 Å². The molecule has 1 saturated heterocycles. The second-order valence-electron chi connectivity index (χ2n) is 4.26. The Morgan fingerprint density at radius 3 is 3.06 bits per heavy atom. The van der Waals surface area contributed by atoms with E-state index in [1.807, 2.05) is 18.2 Å². The van der Waals surface area contributed by atoms with E-state index in [0.29, 0.717) is 0 Å². The van der Waals surface area contributed by atoms with Crippen LogP contribution < -0.4 is 4.74 Å². The highest BCUT2D eigenvalue weighted by molar-refractivity contribution is 9.10. The van der Waals surface area contributed by atoms with E-state index in [-0.39, 0.29) is 18.6 Å². The Morgan fingerprint density at radius 2 is 2.35 bits per heavy atom. The minimum atomic E-state index is -0.0433. The Kier molecular flexibility index (Phi) is 4.42. The highest BCUT2D eigenvalue weighted by atomic mass is 79.9. The quantitative estimate of drug-likeness (QED) is 0.933. The maximum Gasteiger partial charge on any atom is 0.119 e. The van der Waals surface area contributed by atoms with E-state index < -0.39 is 0 Å². The number of hydrogen-bond donors (Lipinski definition) is 1. The maximum atomic E-state index is 9.41. The third-order valence-corrected chi connectivity index (χ3v) is 3.91. The second kappa shape index (κ2) is 5.85. The molecule has 0 saturated carbocycles. The molecule has 1 heterocycles. The lowest BCUT2D eigenvalue weighted by Crippen LogP contribution is -2.25. The van der Waals surface area contributed by atoms with Crippen LogP contribution in [0.3, 0.4) is 0 Å². The SMILES string of the molecule is COc1ccc(Br)c(C2OCCCC2CO)c1. The first-order valence-electron chi connectivity index (χ1n) is 5.82. The van der Waals surface area contributed by atoms with Gasteiger partial charge in [-0.3, -0.25) is 0 Å². The molecule has 1 N–H and O–H groups in total. The van der Waals surface area contributed by atoms with Crippen LogP contribution in [0.1, 0.15) is 24.5 Å². The van der Waals surface area contributed by atoms with Crippen molar-refractivity contribution in [1.82, 2.24) is 0 Å². The van der Waals surface area contributed by atoms with Crippen molar-refractivity contribution in [3.63, 3.8) is 0 Å². The molecule has 2 rings (SSSR count). The van der Waals surface area contributed by atoms with Gasteiger partial charge in [0.2, 0.25) is 0 Å². The van der Waals surface area contributed by atoms with E-state index in [2.05, 4.69) is 15.9 Å². The highest BCUT2D eigenvalue weighted by Gasteiger charge is 2.28. The lowest BCUT2D eigenvalue weighted by molar-refractivity contribution is -0.0461. The van der Waals surface area contributed by atoms with E-state index in [9.17, 15) is 5.11 Å². The molecule has 3 nitrogen and oxygen atoms in total. The van der Waals surface area contributed by atoms with Gasteiger partial charge in [-0.2, -0.15) is 0 Å². The van der Waals surface area contributed by atoms with Gasteiger partial charge in [0.1, 0.15) is 5.75 Å². The van der Waals surface area contributed by atoms with Crippen molar-refractivity contribution in [3.05, 3.63) is 28.2 Å². The molecule has 1 fully saturated rings. The molecule has 1 aliphatic rings. The van der Waals surface area contributed by atoms with Crippen LogP contribution in [0.5, 0.6) is 5.75 Å². The van der Waals surface area contributed by atoms with Gasteiger partial charge in [0.05, 0.1) is 13.2 Å². The third-order valence-electron chi connectivity index (χ3n) is 3.19. The number of rotatable bonds is 3. The molecular formula is C13H17BrO3. The lowest BCUT2D eigenvalue weighted by Gasteiger charge is -2.31. The van der Waals surface area contributed by atoms with Crippen LogP contribution in [0.25, 0.3) is 0 Å². The number of ether oxygens (including phenoxy) is 2. The summed E-state index contributed by atoms with van der Waals surface area (Å²) in [6.07, 6.45) is 1.98. The molecule has 4 heteroatoms. The Labute approximate surface area is 110 Å². The van der Waals surface area contributed by atoms with Gasteiger partial charge in [-0.15, -0.1) is 0 Å². The van der Waals surface area contributed by atoms with E-state index in [4.69, 9.17) is 9.47 Å². The van der Waals surface area contributed by atoms with Crippen LogP contribution in [0.15, 0.2) is 22.7 Å². The molecule has 0 spiro atoms. The molecule has 0 amide bonds. The molecule has 0 bridgehead atoms. The van der Waals surface area contributed by atoms with Crippen molar-refractivity contribution < 1.29 is 14.6 Å². The van der Waals surface area contributed by atoms with Crippen molar-refractivity contribution in [2.24, 2.45) is 5.92 Å². The number of benzene rings is 1. The van der Waals surface area contributed by atoms with E-state index in [1.165, 1.54) is 0 Å². The van der Waals surface area contributed by atoms with Gasteiger partial charge >= 0.3 is 0 Å².